The Kier molecular flexibility index (Phi) is 7.87. The van der Waals surface area contributed by atoms with Crippen molar-refractivity contribution >= 4 is 35.1 Å². The number of carbonyl (C=O) groups excluding carboxylic acids is 1. The van der Waals surface area contributed by atoms with Gasteiger partial charge in [-0.1, -0.05) is 41.4 Å². The molecule has 1 saturated heterocycles. The molecule has 1 aliphatic rings. The number of anilines is 1. The minimum atomic E-state index is -4.48. The van der Waals surface area contributed by atoms with E-state index in [4.69, 9.17) is 23.2 Å². The number of alkyl halides is 3. The predicted octanol–water partition coefficient (Wildman–Crippen LogP) is 4.35. The Morgan fingerprint density at radius 1 is 1.06 bits per heavy atom. The van der Waals surface area contributed by atoms with Crippen LogP contribution in [0.2, 0.25) is 10.0 Å². The van der Waals surface area contributed by atoms with Gasteiger partial charge in [0.2, 0.25) is 5.95 Å². The van der Waals surface area contributed by atoms with E-state index in [9.17, 15) is 22.8 Å². The van der Waals surface area contributed by atoms with Crippen LogP contribution in [0.3, 0.4) is 0 Å². The molecule has 2 N–H and O–H groups in total. The van der Waals surface area contributed by atoms with E-state index < -0.39 is 23.2 Å². The number of carbonyl (C=O) groups is 1. The van der Waals surface area contributed by atoms with Crippen molar-refractivity contribution in [2.24, 2.45) is 0 Å². The molecule has 4 rings (SSSR count). The smallest absolute Gasteiger partial charge is 0.348 e. The van der Waals surface area contributed by atoms with E-state index >= 15 is 0 Å². The maximum Gasteiger partial charge on any atom is 0.416 e. The molecule has 36 heavy (non-hydrogen) atoms. The topological polar surface area (TPSA) is 81.3 Å². The zero-order chi connectivity index (χ0) is 25.9. The number of benzene rings is 2. The van der Waals surface area contributed by atoms with Crippen molar-refractivity contribution in [3.05, 3.63) is 91.3 Å². The summed E-state index contributed by atoms with van der Waals surface area (Å²) in [7, 11) is 0. The fraction of sp³-hybridized carbons (Fsp3) is 0.292. The molecule has 2 aromatic carbocycles. The molecule has 1 amide bonds. The third kappa shape index (κ3) is 6.18. The van der Waals surface area contributed by atoms with Gasteiger partial charge in [-0.15, -0.1) is 0 Å². The van der Waals surface area contributed by atoms with Gasteiger partial charge < -0.3 is 10.2 Å². The Labute approximate surface area is 214 Å². The monoisotopic (exact) mass is 539 g/mol. The molecular formula is C24H22Cl2F3N5O2. The van der Waals surface area contributed by atoms with Crippen LogP contribution < -0.4 is 15.8 Å². The van der Waals surface area contributed by atoms with Crippen molar-refractivity contribution in [2.45, 2.75) is 19.3 Å². The fourth-order valence-electron chi connectivity index (χ4n) is 3.87. The number of halogens is 5. The highest BCUT2D eigenvalue weighted by atomic mass is 35.5. The first-order valence-electron chi connectivity index (χ1n) is 11.1. The van der Waals surface area contributed by atoms with Gasteiger partial charge in [-0.2, -0.15) is 13.2 Å². The number of amides is 1. The second kappa shape index (κ2) is 10.9. The number of aromatic amines is 1. The fourth-order valence-corrected chi connectivity index (χ4v) is 4.38. The Morgan fingerprint density at radius 2 is 1.72 bits per heavy atom. The summed E-state index contributed by atoms with van der Waals surface area (Å²) in [6.45, 7) is 2.98. The average molecular weight is 540 g/mol. The van der Waals surface area contributed by atoms with Crippen molar-refractivity contribution in [1.29, 1.82) is 0 Å². The first-order chi connectivity index (χ1) is 17.1. The van der Waals surface area contributed by atoms with E-state index in [1.807, 2.05) is 4.90 Å². The molecule has 0 atom stereocenters. The first-order valence-corrected chi connectivity index (χ1v) is 11.8. The standard InChI is InChI=1S/C24H22Cl2F3N5O2/c25-19-5-2-6-20(26)18(19)14-33-7-9-34(10-8-33)23-31-13-17(22(36)32-23)21(35)30-12-15-3-1-4-16(11-15)24(27,28)29/h1-6,11,13H,7-10,12,14H2,(H,30,35)(H,31,32,36). The van der Waals surface area contributed by atoms with E-state index in [1.165, 1.54) is 18.3 Å². The number of aromatic nitrogens is 2. The van der Waals surface area contributed by atoms with E-state index in [0.29, 0.717) is 48.7 Å². The SMILES string of the molecule is O=C(NCc1cccc(C(F)(F)F)c1)c1cnc(N2CCN(Cc3c(Cl)cccc3Cl)CC2)[nH]c1=O. The number of rotatable bonds is 6. The van der Waals surface area contributed by atoms with Crippen LogP contribution in [0.5, 0.6) is 0 Å². The summed E-state index contributed by atoms with van der Waals surface area (Å²) < 4.78 is 38.6. The highest BCUT2D eigenvalue weighted by Gasteiger charge is 2.30. The summed E-state index contributed by atoms with van der Waals surface area (Å²) in [4.78, 5) is 35.9. The molecule has 7 nitrogen and oxygen atoms in total. The molecule has 0 unspecified atom stereocenters. The molecule has 0 saturated carbocycles. The van der Waals surface area contributed by atoms with Crippen LogP contribution in [0.1, 0.15) is 27.0 Å². The van der Waals surface area contributed by atoms with Gasteiger partial charge in [-0.05, 0) is 29.8 Å². The van der Waals surface area contributed by atoms with Gasteiger partial charge in [0.25, 0.3) is 11.5 Å². The lowest BCUT2D eigenvalue weighted by Gasteiger charge is -2.35. The molecule has 1 fully saturated rings. The second-order valence-corrected chi connectivity index (χ2v) is 9.11. The van der Waals surface area contributed by atoms with Gasteiger partial charge in [-0.3, -0.25) is 19.5 Å². The van der Waals surface area contributed by atoms with Crippen molar-refractivity contribution in [3.8, 4) is 0 Å². The molecule has 0 bridgehead atoms. The van der Waals surface area contributed by atoms with E-state index in [0.717, 1.165) is 17.7 Å². The zero-order valence-electron chi connectivity index (χ0n) is 18.9. The minimum absolute atomic E-state index is 0.165. The van der Waals surface area contributed by atoms with Crippen LogP contribution >= 0.6 is 23.2 Å². The Hall–Kier alpha value is -3.08. The Morgan fingerprint density at radius 3 is 2.36 bits per heavy atom. The maximum atomic E-state index is 12.9. The number of piperazine rings is 1. The van der Waals surface area contributed by atoms with E-state index in [1.54, 1.807) is 18.2 Å². The highest BCUT2D eigenvalue weighted by molar-refractivity contribution is 6.35. The maximum absolute atomic E-state index is 12.9. The number of hydrogen-bond acceptors (Lipinski definition) is 5. The van der Waals surface area contributed by atoms with Crippen LogP contribution in [0.25, 0.3) is 0 Å². The number of hydrogen-bond donors (Lipinski definition) is 2. The summed E-state index contributed by atoms with van der Waals surface area (Å²) in [6.07, 6.45) is -3.31. The van der Waals surface area contributed by atoms with Crippen molar-refractivity contribution < 1.29 is 18.0 Å². The minimum Gasteiger partial charge on any atom is -0.348 e. The average Bonchev–Trinajstić information content (AvgIpc) is 2.85. The van der Waals surface area contributed by atoms with Gasteiger partial charge in [0.05, 0.1) is 5.56 Å². The molecule has 1 aliphatic heterocycles. The van der Waals surface area contributed by atoms with Crippen LogP contribution in [-0.4, -0.2) is 47.0 Å². The highest BCUT2D eigenvalue weighted by Crippen LogP contribution is 2.29. The summed E-state index contributed by atoms with van der Waals surface area (Å²) in [5.41, 5.74) is -0.547. The zero-order valence-corrected chi connectivity index (χ0v) is 20.4. The molecule has 0 radical (unpaired) electrons. The van der Waals surface area contributed by atoms with Gasteiger partial charge >= 0.3 is 6.18 Å². The molecule has 1 aromatic heterocycles. The van der Waals surface area contributed by atoms with Gasteiger partial charge in [0.15, 0.2) is 0 Å². The van der Waals surface area contributed by atoms with Crippen molar-refractivity contribution in [3.63, 3.8) is 0 Å². The lowest BCUT2D eigenvalue weighted by Crippen LogP contribution is -2.47. The molecular weight excluding hydrogens is 518 g/mol. The van der Waals surface area contributed by atoms with Crippen LogP contribution in [-0.2, 0) is 19.3 Å². The van der Waals surface area contributed by atoms with Crippen LogP contribution in [0, 0.1) is 0 Å². The third-order valence-electron chi connectivity index (χ3n) is 5.85. The molecule has 0 aliphatic carbocycles. The summed E-state index contributed by atoms with van der Waals surface area (Å²) in [5, 5.41) is 3.68. The molecule has 2 heterocycles. The number of H-pyrrole nitrogens is 1. The van der Waals surface area contributed by atoms with Gasteiger partial charge in [0.1, 0.15) is 5.56 Å². The normalized spacial score (nSPS) is 14.6. The predicted molar refractivity (Wildman–Crippen MR) is 131 cm³/mol. The quantitative estimate of drug-likeness (QED) is 0.486. The molecule has 3 aromatic rings. The van der Waals surface area contributed by atoms with Crippen molar-refractivity contribution in [1.82, 2.24) is 20.2 Å². The van der Waals surface area contributed by atoms with Crippen molar-refractivity contribution in [2.75, 3.05) is 31.1 Å². The second-order valence-electron chi connectivity index (χ2n) is 8.29. The lowest BCUT2D eigenvalue weighted by atomic mass is 10.1. The third-order valence-corrected chi connectivity index (χ3v) is 6.56. The Balaban J connectivity index is 1.34. The summed E-state index contributed by atoms with van der Waals surface area (Å²) >= 11 is 12.5. The summed E-state index contributed by atoms with van der Waals surface area (Å²) in [5.74, 6) is -0.390. The summed E-state index contributed by atoms with van der Waals surface area (Å²) in [6, 6.07) is 10.0. The molecule has 190 valence electrons. The number of nitrogens with zero attached hydrogens (tertiary/aromatic N) is 3. The van der Waals surface area contributed by atoms with Crippen LogP contribution in [0.15, 0.2) is 53.5 Å². The molecule has 0 spiro atoms. The Bertz CT molecular complexity index is 1290. The largest absolute Gasteiger partial charge is 0.416 e. The van der Waals surface area contributed by atoms with E-state index in [2.05, 4.69) is 20.2 Å². The molecule has 12 heteroatoms. The van der Waals surface area contributed by atoms with E-state index in [-0.39, 0.29) is 17.7 Å². The van der Waals surface area contributed by atoms with Gasteiger partial charge in [-0.25, -0.2) is 4.98 Å². The lowest BCUT2D eigenvalue weighted by molar-refractivity contribution is -0.137. The van der Waals surface area contributed by atoms with Gasteiger partial charge in [0, 0.05) is 61.1 Å². The number of nitrogens with one attached hydrogen (secondary N) is 2. The first kappa shape index (κ1) is 26.0. The van der Waals surface area contributed by atoms with Crippen LogP contribution in [0.4, 0.5) is 19.1 Å².